The summed E-state index contributed by atoms with van der Waals surface area (Å²) in [5, 5.41) is 7.50. The first kappa shape index (κ1) is 16.9. The molecule has 0 bridgehead atoms. The van der Waals surface area contributed by atoms with Gasteiger partial charge in [-0.25, -0.2) is 4.99 Å². The second-order valence-corrected chi connectivity index (χ2v) is 5.40. The molecule has 0 radical (unpaired) electrons. The van der Waals surface area contributed by atoms with E-state index in [1.165, 1.54) is 5.56 Å². The van der Waals surface area contributed by atoms with Gasteiger partial charge in [0, 0.05) is 38.9 Å². The van der Waals surface area contributed by atoms with Gasteiger partial charge in [-0.2, -0.15) is 5.10 Å². The Morgan fingerprint density at radius 1 is 1.30 bits per heavy atom. The lowest BCUT2D eigenvalue weighted by Crippen LogP contribution is -2.38. The highest BCUT2D eigenvalue weighted by molar-refractivity contribution is 5.79. The molecule has 0 aliphatic heterocycles. The van der Waals surface area contributed by atoms with Crippen LogP contribution in [0.4, 0.5) is 0 Å². The third-order valence-corrected chi connectivity index (χ3v) is 3.45. The number of aliphatic imine (C=N–C) groups is 1. The maximum absolute atomic E-state index is 5.19. The maximum atomic E-state index is 5.19. The summed E-state index contributed by atoms with van der Waals surface area (Å²) in [5.74, 6) is 1.75. The Bertz CT molecular complexity index is 633. The Labute approximate surface area is 137 Å². The van der Waals surface area contributed by atoms with Crippen LogP contribution in [-0.4, -0.2) is 41.3 Å². The quantitative estimate of drug-likeness (QED) is 0.654. The molecule has 0 atom stereocenters. The number of ether oxygens (including phenoxy) is 1. The van der Waals surface area contributed by atoms with Crippen LogP contribution in [0.2, 0.25) is 0 Å². The van der Waals surface area contributed by atoms with Gasteiger partial charge in [-0.15, -0.1) is 0 Å². The molecule has 1 aromatic carbocycles. The van der Waals surface area contributed by atoms with Crippen LogP contribution in [-0.2, 0) is 20.1 Å². The highest BCUT2D eigenvalue weighted by Crippen LogP contribution is 2.12. The second kappa shape index (κ2) is 8.22. The average Bonchev–Trinajstić information content (AvgIpc) is 2.97. The molecule has 0 fully saturated rings. The fourth-order valence-electron chi connectivity index (χ4n) is 2.27. The third kappa shape index (κ3) is 5.02. The zero-order valence-electron chi connectivity index (χ0n) is 14.3. The molecule has 0 saturated carbocycles. The summed E-state index contributed by atoms with van der Waals surface area (Å²) in [6.45, 7) is 4.30. The topological polar surface area (TPSA) is 54.7 Å². The van der Waals surface area contributed by atoms with Crippen LogP contribution in [0.5, 0.6) is 5.75 Å². The summed E-state index contributed by atoms with van der Waals surface area (Å²) in [6, 6.07) is 8.09. The lowest BCUT2D eigenvalue weighted by Gasteiger charge is -2.22. The van der Waals surface area contributed by atoms with E-state index in [-0.39, 0.29) is 0 Å². The summed E-state index contributed by atoms with van der Waals surface area (Å²) < 4.78 is 6.98. The van der Waals surface area contributed by atoms with E-state index in [0.717, 1.165) is 30.4 Å². The second-order valence-electron chi connectivity index (χ2n) is 5.40. The largest absolute Gasteiger partial charge is 0.497 e. The molecule has 2 aromatic rings. The minimum absolute atomic E-state index is 0.614. The van der Waals surface area contributed by atoms with Crippen molar-refractivity contribution < 1.29 is 4.74 Å². The minimum Gasteiger partial charge on any atom is -0.497 e. The molecule has 0 amide bonds. The molecule has 1 N–H and O–H groups in total. The molecular formula is C17H25N5O. The van der Waals surface area contributed by atoms with Crippen molar-refractivity contribution in [3.05, 3.63) is 47.8 Å². The number of methoxy groups -OCH3 is 1. The van der Waals surface area contributed by atoms with E-state index in [1.54, 1.807) is 11.8 Å². The van der Waals surface area contributed by atoms with Gasteiger partial charge in [0.25, 0.3) is 0 Å². The fourth-order valence-corrected chi connectivity index (χ4v) is 2.27. The number of aryl methyl sites for hydroxylation is 1. The smallest absolute Gasteiger partial charge is 0.194 e. The van der Waals surface area contributed by atoms with E-state index < -0.39 is 0 Å². The zero-order valence-corrected chi connectivity index (χ0v) is 14.3. The number of nitrogens with zero attached hydrogens (tertiary/aromatic N) is 4. The highest BCUT2D eigenvalue weighted by atomic mass is 16.5. The summed E-state index contributed by atoms with van der Waals surface area (Å²) >= 11 is 0. The number of guanidine groups is 1. The van der Waals surface area contributed by atoms with Crippen LogP contribution in [0.15, 0.2) is 41.7 Å². The van der Waals surface area contributed by atoms with E-state index in [9.17, 15) is 0 Å². The molecule has 1 aromatic heterocycles. The van der Waals surface area contributed by atoms with Crippen molar-refractivity contribution in [2.75, 3.05) is 20.7 Å². The van der Waals surface area contributed by atoms with Gasteiger partial charge in [0.15, 0.2) is 5.96 Å². The predicted octanol–water partition coefficient (Wildman–Crippen LogP) is 2.03. The molecular weight excluding hydrogens is 290 g/mol. The fraction of sp³-hybridized carbons (Fsp3) is 0.412. The van der Waals surface area contributed by atoms with Gasteiger partial charge in [-0.1, -0.05) is 12.1 Å². The molecule has 0 aliphatic carbocycles. The van der Waals surface area contributed by atoms with E-state index in [0.29, 0.717) is 6.54 Å². The molecule has 124 valence electrons. The Kier molecular flexibility index (Phi) is 6.02. The standard InChI is InChI=1S/C17H25N5O/c1-5-18-17(19-10-15-11-20-22(3)13-15)21(2)12-14-6-8-16(23-4)9-7-14/h6-9,11,13H,5,10,12H2,1-4H3,(H,18,19). The molecule has 23 heavy (non-hydrogen) atoms. The molecule has 6 heteroatoms. The zero-order chi connectivity index (χ0) is 16.7. The van der Waals surface area contributed by atoms with Gasteiger partial charge < -0.3 is 15.0 Å². The van der Waals surface area contributed by atoms with Gasteiger partial charge in [0.2, 0.25) is 0 Å². The van der Waals surface area contributed by atoms with Crippen LogP contribution in [0.3, 0.4) is 0 Å². The van der Waals surface area contributed by atoms with E-state index in [1.807, 2.05) is 38.6 Å². The number of nitrogens with one attached hydrogen (secondary N) is 1. The summed E-state index contributed by atoms with van der Waals surface area (Å²) in [4.78, 5) is 6.79. The first-order valence-corrected chi connectivity index (χ1v) is 7.72. The Morgan fingerprint density at radius 3 is 2.61 bits per heavy atom. The van der Waals surface area contributed by atoms with Gasteiger partial charge in [-0.05, 0) is 24.6 Å². The highest BCUT2D eigenvalue weighted by Gasteiger charge is 2.07. The minimum atomic E-state index is 0.614. The van der Waals surface area contributed by atoms with Crippen LogP contribution in [0.25, 0.3) is 0 Å². The van der Waals surface area contributed by atoms with Crippen LogP contribution in [0, 0.1) is 0 Å². The molecule has 1 heterocycles. The van der Waals surface area contributed by atoms with Crippen molar-refractivity contribution in [1.82, 2.24) is 20.0 Å². The Hall–Kier alpha value is -2.50. The number of benzene rings is 1. The van der Waals surface area contributed by atoms with Crippen molar-refractivity contribution in [3.63, 3.8) is 0 Å². The lowest BCUT2D eigenvalue weighted by molar-refractivity contribution is 0.414. The molecule has 0 aliphatic rings. The van der Waals surface area contributed by atoms with Crippen molar-refractivity contribution in [3.8, 4) is 5.75 Å². The Balaban J connectivity index is 2.02. The first-order chi connectivity index (χ1) is 11.1. The van der Waals surface area contributed by atoms with Crippen LogP contribution >= 0.6 is 0 Å². The molecule has 0 saturated heterocycles. The molecule has 6 nitrogen and oxygen atoms in total. The molecule has 0 spiro atoms. The Morgan fingerprint density at radius 2 is 2.04 bits per heavy atom. The number of hydrogen-bond donors (Lipinski definition) is 1. The monoisotopic (exact) mass is 315 g/mol. The number of aromatic nitrogens is 2. The van der Waals surface area contributed by atoms with Gasteiger partial charge in [0.05, 0.1) is 19.9 Å². The normalized spacial score (nSPS) is 11.4. The van der Waals surface area contributed by atoms with Gasteiger partial charge in [0.1, 0.15) is 5.75 Å². The first-order valence-electron chi connectivity index (χ1n) is 7.72. The van der Waals surface area contributed by atoms with Gasteiger partial charge >= 0.3 is 0 Å². The SMILES string of the molecule is CCNC(=NCc1cnn(C)c1)N(C)Cc1ccc(OC)cc1. The van der Waals surface area contributed by atoms with E-state index in [4.69, 9.17) is 4.74 Å². The van der Waals surface area contributed by atoms with E-state index >= 15 is 0 Å². The summed E-state index contributed by atoms with van der Waals surface area (Å²) in [7, 11) is 5.62. The average molecular weight is 315 g/mol. The van der Waals surface area contributed by atoms with Gasteiger partial charge in [-0.3, -0.25) is 4.68 Å². The third-order valence-electron chi connectivity index (χ3n) is 3.45. The predicted molar refractivity (Wildman–Crippen MR) is 92.5 cm³/mol. The van der Waals surface area contributed by atoms with Crippen molar-refractivity contribution in [1.29, 1.82) is 0 Å². The van der Waals surface area contributed by atoms with Crippen molar-refractivity contribution >= 4 is 5.96 Å². The summed E-state index contributed by atoms with van der Waals surface area (Å²) in [5.41, 5.74) is 2.31. The van der Waals surface area contributed by atoms with Crippen LogP contribution in [0.1, 0.15) is 18.1 Å². The number of rotatable bonds is 6. The molecule has 2 rings (SSSR count). The molecule has 0 unspecified atom stereocenters. The number of hydrogen-bond acceptors (Lipinski definition) is 3. The van der Waals surface area contributed by atoms with Crippen LogP contribution < -0.4 is 10.1 Å². The maximum Gasteiger partial charge on any atom is 0.194 e. The van der Waals surface area contributed by atoms with Crippen molar-refractivity contribution in [2.24, 2.45) is 12.0 Å². The van der Waals surface area contributed by atoms with E-state index in [2.05, 4.69) is 39.4 Å². The lowest BCUT2D eigenvalue weighted by atomic mass is 10.2. The van der Waals surface area contributed by atoms with Crippen molar-refractivity contribution in [2.45, 2.75) is 20.0 Å². The summed E-state index contributed by atoms with van der Waals surface area (Å²) in [6.07, 6.45) is 3.83.